The zero-order valence-corrected chi connectivity index (χ0v) is 12.4. The summed E-state index contributed by atoms with van der Waals surface area (Å²) in [6.07, 6.45) is 4.07. The van der Waals surface area contributed by atoms with Gasteiger partial charge in [0.15, 0.2) is 0 Å². The van der Waals surface area contributed by atoms with Gasteiger partial charge in [0.2, 0.25) is 11.9 Å². The first kappa shape index (κ1) is 18.4. The average molecular weight is 306 g/mol. The molecular formula is C13H20ClNO5. The van der Waals surface area contributed by atoms with Crippen LogP contribution in [-0.2, 0) is 23.9 Å². The number of ether oxygens (including phenoxy) is 2. The van der Waals surface area contributed by atoms with E-state index in [-0.39, 0.29) is 19.6 Å². The molecule has 1 N–H and O–H groups in total. The average Bonchev–Trinajstić information content (AvgIpc) is 2.41. The number of hydrogen-bond donors (Lipinski definition) is 1. The molecule has 7 heteroatoms. The van der Waals surface area contributed by atoms with Crippen LogP contribution in [0.5, 0.6) is 0 Å². The first-order chi connectivity index (χ1) is 9.56. The summed E-state index contributed by atoms with van der Waals surface area (Å²) in [4.78, 5) is 34.8. The maximum atomic E-state index is 11.6. The normalized spacial score (nSPS) is 10.6. The molecule has 0 aliphatic carbocycles. The smallest absolute Gasteiger partial charge is 0.340 e. The molecule has 0 rings (SSSR count). The number of nitrogens with one attached hydrogen (secondary N) is 1. The summed E-state index contributed by atoms with van der Waals surface area (Å²) in [5, 5.41) is 2.31. The molecule has 0 saturated carbocycles. The highest BCUT2D eigenvalue weighted by molar-refractivity contribution is 6.18. The Labute approximate surface area is 123 Å². The highest BCUT2D eigenvalue weighted by atomic mass is 35.5. The second kappa shape index (κ2) is 11.3. The summed E-state index contributed by atoms with van der Waals surface area (Å²) in [5.74, 6) is -1.71. The van der Waals surface area contributed by atoms with Crippen LogP contribution in [0.15, 0.2) is 12.2 Å². The third kappa shape index (κ3) is 7.78. The number of carbonyl (C=O) groups excluding carboxylic acids is 3. The van der Waals surface area contributed by atoms with E-state index < -0.39 is 23.9 Å². The van der Waals surface area contributed by atoms with E-state index in [0.717, 1.165) is 0 Å². The number of hydrogen-bond acceptors (Lipinski definition) is 5. The summed E-state index contributed by atoms with van der Waals surface area (Å²) >= 11 is 5.44. The number of halogens is 1. The molecule has 1 amide bonds. The molecule has 0 aromatic heterocycles. The predicted molar refractivity (Wildman–Crippen MR) is 74.3 cm³/mol. The number of amides is 1. The summed E-state index contributed by atoms with van der Waals surface area (Å²) in [5.41, 5.74) is 0. The Hall–Kier alpha value is -1.56. The Morgan fingerprint density at radius 3 is 2.10 bits per heavy atom. The van der Waals surface area contributed by atoms with Gasteiger partial charge in [-0.05, 0) is 20.3 Å². The minimum Gasteiger partial charge on any atom is -0.464 e. The molecule has 0 spiro atoms. The largest absolute Gasteiger partial charge is 0.464 e. The molecule has 0 fully saturated rings. The van der Waals surface area contributed by atoms with Crippen molar-refractivity contribution in [1.82, 2.24) is 5.32 Å². The lowest BCUT2D eigenvalue weighted by atomic mass is 10.2. The molecule has 0 unspecified atom stereocenters. The lowest BCUT2D eigenvalue weighted by Crippen LogP contribution is -2.48. The fraction of sp³-hybridized carbons (Fsp3) is 0.615. The molecule has 0 radical (unpaired) electrons. The Balaban J connectivity index is 4.47. The summed E-state index contributed by atoms with van der Waals surface area (Å²) in [6, 6.07) is -1.42. The maximum Gasteiger partial charge on any atom is 0.340 e. The Bertz CT molecular complexity index is 339. The van der Waals surface area contributed by atoms with E-state index in [1.54, 1.807) is 26.0 Å². The van der Waals surface area contributed by atoms with Crippen molar-refractivity contribution in [3.63, 3.8) is 0 Å². The van der Waals surface area contributed by atoms with Gasteiger partial charge in [0.05, 0.1) is 13.2 Å². The highest BCUT2D eigenvalue weighted by Crippen LogP contribution is 1.98. The SMILES string of the molecule is CCOC(=O)C(NC(=O)CC/C=C/CCl)C(=O)OCC. The second-order valence-electron chi connectivity index (χ2n) is 3.67. The zero-order valence-electron chi connectivity index (χ0n) is 11.7. The van der Waals surface area contributed by atoms with Crippen molar-refractivity contribution in [2.24, 2.45) is 0 Å². The number of allylic oxidation sites excluding steroid dienone is 2. The molecule has 114 valence electrons. The molecule has 0 aliphatic rings. The second-order valence-corrected chi connectivity index (χ2v) is 3.98. The van der Waals surface area contributed by atoms with Crippen LogP contribution in [0.4, 0.5) is 0 Å². The number of alkyl halides is 1. The van der Waals surface area contributed by atoms with Gasteiger partial charge < -0.3 is 14.8 Å². The van der Waals surface area contributed by atoms with Gasteiger partial charge in [-0.3, -0.25) is 4.79 Å². The Kier molecular flexibility index (Phi) is 10.4. The predicted octanol–water partition coefficient (Wildman–Crippen LogP) is 1.17. The van der Waals surface area contributed by atoms with Crippen molar-refractivity contribution in [3.05, 3.63) is 12.2 Å². The van der Waals surface area contributed by atoms with E-state index in [2.05, 4.69) is 5.32 Å². The topological polar surface area (TPSA) is 81.7 Å². The van der Waals surface area contributed by atoms with Crippen LogP contribution in [0.2, 0.25) is 0 Å². The van der Waals surface area contributed by atoms with Crippen LogP contribution in [0.25, 0.3) is 0 Å². The van der Waals surface area contributed by atoms with Gasteiger partial charge in [-0.1, -0.05) is 12.2 Å². The minimum atomic E-state index is -1.42. The fourth-order valence-electron chi connectivity index (χ4n) is 1.29. The number of carbonyl (C=O) groups is 3. The van der Waals surface area contributed by atoms with Crippen molar-refractivity contribution >= 4 is 29.4 Å². The van der Waals surface area contributed by atoms with E-state index >= 15 is 0 Å². The summed E-state index contributed by atoms with van der Waals surface area (Å²) in [6.45, 7) is 3.45. The minimum absolute atomic E-state index is 0.114. The van der Waals surface area contributed by atoms with Crippen LogP contribution in [0.3, 0.4) is 0 Å². The van der Waals surface area contributed by atoms with Gasteiger partial charge in [-0.2, -0.15) is 0 Å². The molecule has 0 heterocycles. The lowest BCUT2D eigenvalue weighted by Gasteiger charge is -2.15. The molecular weight excluding hydrogens is 286 g/mol. The van der Waals surface area contributed by atoms with Crippen molar-refractivity contribution in [2.75, 3.05) is 19.1 Å². The molecule has 0 saturated heterocycles. The number of esters is 2. The lowest BCUT2D eigenvalue weighted by molar-refractivity contribution is -0.159. The van der Waals surface area contributed by atoms with E-state index in [1.807, 2.05) is 0 Å². The van der Waals surface area contributed by atoms with Gasteiger partial charge in [0.1, 0.15) is 0 Å². The van der Waals surface area contributed by atoms with Crippen LogP contribution < -0.4 is 5.32 Å². The zero-order chi connectivity index (χ0) is 15.4. The molecule has 20 heavy (non-hydrogen) atoms. The van der Waals surface area contributed by atoms with Gasteiger partial charge in [0.25, 0.3) is 0 Å². The molecule has 0 aromatic rings. The van der Waals surface area contributed by atoms with Gasteiger partial charge in [0, 0.05) is 12.3 Å². The van der Waals surface area contributed by atoms with Gasteiger partial charge in [-0.25, -0.2) is 9.59 Å². The quantitative estimate of drug-likeness (QED) is 0.299. The van der Waals surface area contributed by atoms with E-state index in [1.165, 1.54) is 0 Å². The Morgan fingerprint density at radius 2 is 1.65 bits per heavy atom. The van der Waals surface area contributed by atoms with Gasteiger partial charge >= 0.3 is 11.9 Å². The fourth-order valence-corrected chi connectivity index (χ4v) is 1.42. The van der Waals surface area contributed by atoms with Crippen LogP contribution >= 0.6 is 11.6 Å². The highest BCUT2D eigenvalue weighted by Gasteiger charge is 2.30. The molecule has 0 bridgehead atoms. The van der Waals surface area contributed by atoms with E-state index in [0.29, 0.717) is 12.3 Å². The van der Waals surface area contributed by atoms with Gasteiger partial charge in [-0.15, -0.1) is 11.6 Å². The van der Waals surface area contributed by atoms with Crippen LogP contribution in [0.1, 0.15) is 26.7 Å². The van der Waals surface area contributed by atoms with Crippen molar-refractivity contribution in [2.45, 2.75) is 32.7 Å². The third-order valence-electron chi connectivity index (χ3n) is 2.14. The monoisotopic (exact) mass is 305 g/mol. The van der Waals surface area contributed by atoms with Crippen LogP contribution in [-0.4, -0.2) is 43.0 Å². The molecule has 0 aliphatic heterocycles. The number of rotatable bonds is 9. The van der Waals surface area contributed by atoms with Crippen molar-refractivity contribution < 1.29 is 23.9 Å². The molecule has 6 nitrogen and oxygen atoms in total. The molecule has 0 atom stereocenters. The first-order valence-corrected chi connectivity index (χ1v) is 6.93. The summed E-state index contributed by atoms with van der Waals surface area (Å²) in [7, 11) is 0. The van der Waals surface area contributed by atoms with Crippen molar-refractivity contribution in [1.29, 1.82) is 0 Å². The van der Waals surface area contributed by atoms with E-state index in [4.69, 9.17) is 21.1 Å². The summed E-state index contributed by atoms with van der Waals surface area (Å²) < 4.78 is 9.46. The first-order valence-electron chi connectivity index (χ1n) is 6.40. The van der Waals surface area contributed by atoms with E-state index in [9.17, 15) is 14.4 Å². The maximum absolute atomic E-state index is 11.6. The van der Waals surface area contributed by atoms with Crippen LogP contribution in [0, 0.1) is 0 Å². The third-order valence-corrected chi connectivity index (χ3v) is 2.32. The molecule has 0 aromatic carbocycles. The standard InChI is InChI=1S/C13H20ClNO5/c1-3-19-12(17)11(13(18)20-4-2)15-10(16)8-6-5-7-9-14/h5,7,11H,3-4,6,8-9H2,1-2H3,(H,15,16)/b7-5+. The Morgan fingerprint density at radius 1 is 1.10 bits per heavy atom. The van der Waals surface area contributed by atoms with Crippen molar-refractivity contribution in [3.8, 4) is 0 Å².